The van der Waals surface area contributed by atoms with Crippen LogP contribution in [0, 0.1) is 0 Å². The summed E-state index contributed by atoms with van der Waals surface area (Å²) in [4.78, 5) is 15.8. The Morgan fingerprint density at radius 2 is 1.92 bits per heavy atom. The number of nitrogens with two attached hydrogens (primary N) is 3. The molecule has 2 rings (SSSR count). The average molecular weight is 330 g/mol. The zero-order valence-electron chi connectivity index (χ0n) is 14.2. The molecule has 0 spiro atoms. The number of allylic oxidation sites excluding steroid dienone is 2. The molecular formula is C17H26N6O. The van der Waals surface area contributed by atoms with Crippen molar-refractivity contribution in [3.8, 4) is 0 Å². The average Bonchev–Trinajstić information content (AvgIpc) is 3.04. The monoisotopic (exact) mass is 330 g/mol. The highest BCUT2D eigenvalue weighted by atomic mass is 16.1. The minimum absolute atomic E-state index is 0.162. The van der Waals surface area contributed by atoms with Gasteiger partial charge in [-0.25, -0.2) is 4.98 Å². The quantitative estimate of drug-likeness (QED) is 0.491. The lowest BCUT2D eigenvalue weighted by Crippen LogP contribution is -2.25. The molecule has 1 heterocycles. The van der Waals surface area contributed by atoms with E-state index in [9.17, 15) is 4.79 Å². The van der Waals surface area contributed by atoms with E-state index in [1.165, 1.54) is 0 Å². The van der Waals surface area contributed by atoms with Gasteiger partial charge in [-0.2, -0.15) is 0 Å². The van der Waals surface area contributed by atoms with E-state index in [4.69, 9.17) is 17.2 Å². The molecule has 7 N–H and O–H groups in total. The van der Waals surface area contributed by atoms with Gasteiger partial charge in [0.1, 0.15) is 0 Å². The van der Waals surface area contributed by atoms with E-state index in [0.29, 0.717) is 23.5 Å². The lowest BCUT2D eigenvalue weighted by Gasteiger charge is -2.07. The molecule has 0 bridgehead atoms. The second-order valence-corrected chi connectivity index (χ2v) is 5.33. The van der Waals surface area contributed by atoms with Crippen LogP contribution in [0.3, 0.4) is 0 Å². The number of imidazole rings is 1. The Morgan fingerprint density at radius 3 is 2.42 bits per heavy atom. The smallest absolute Gasteiger partial charge is 0.251 e. The van der Waals surface area contributed by atoms with Gasteiger partial charge < -0.3 is 27.1 Å². The van der Waals surface area contributed by atoms with Crippen LogP contribution in [0.4, 0.5) is 11.4 Å². The number of amides is 1. The molecule has 0 unspecified atom stereocenters. The number of nitrogens with zero attached hydrogens (tertiary/aromatic N) is 2. The molecule has 0 aliphatic carbocycles. The molecule has 1 aromatic heterocycles. The standard InChI is InChI=1S/C13H17N5O.C4H9N/c14-11-6-10(7-12(15)8-11)13(19)17-2-1-4-18-5-3-16-9-18;1-3-4(2)5/h3,5-9H,1-2,4,14-15H2,(H,17,19);3H,5H2,1-2H3/b;4-3+. The Bertz CT molecular complexity index is 639. The van der Waals surface area contributed by atoms with Crippen molar-refractivity contribution < 1.29 is 4.79 Å². The van der Waals surface area contributed by atoms with Crippen molar-refractivity contribution in [1.82, 2.24) is 14.9 Å². The van der Waals surface area contributed by atoms with E-state index in [0.717, 1.165) is 18.7 Å². The van der Waals surface area contributed by atoms with Crippen LogP contribution in [0.1, 0.15) is 30.6 Å². The molecule has 0 radical (unpaired) electrons. The molecule has 24 heavy (non-hydrogen) atoms. The fraction of sp³-hybridized carbons (Fsp3) is 0.294. The minimum atomic E-state index is -0.162. The second-order valence-electron chi connectivity index (χ2n) is 5.33. The number of aryl methyl sites for hydroxylation is 1. The summed E-state index contributed by atoms with van der Waals surface area (Å²) >= 11 is 0. The van der Waals surface area contributed by atoms with Crippen LogP contribution in [-0.4, -0.2) is 22.0 Å². The van der Waals surface area contributed by atoms with Gasteiger partial charge >= 0.3 is 0 Å². The topological polar surface area (TPSA) is 125 Å². The van der Waals surface area contributed by atoms with E-state index in [2.05, 4.69) is 10.3 Å². The molecule has 0 fully saturated rings. The van der Waals surface area contributed by atoms with Crippen molar-refractivity contribution in [2.75, 3.05) is 18.0 Å². The highest BCUT2D eigenvalue weighted by Crippen LogP contribution is 2.13. The number of anilines is 2. The first-order valence-electron chi connectivity index (χ1n) is 7.70. The van der Waals surface area contributed by atoms with Gasteiger partial charge in [0, 0.05) is 48.1 Å². The zero-order chi connectivity index (χ0) is 17.9. The summed E-state index contributed by atoms with van der Waals surface area (Å²) in [6.45, 7) is 5.18. The van der Waals surface area contributed by atoms with Crippen LogP contribution in [0.15, 0.2) is 48.7 Å². The third-order valence-corrected chi connectivity index (χ3v) is 3.13. The number of nitrogen functional groups attached to an aromatic ring is 2. The summed E-state index contributed by atoms with van der Waals surface area (Å²) in [5.74, 6) is -0.162. The van der Waals surface area contributed by atoms with E-state index in [1.807, 2.05) is 30.7 Å². The third kappa shape index (κ3) is 7.35. The summed E-state index contributed by atoms with van der Waals surface area (Å²) < 4.78 is 1.96. The predicted molar refractivity (Wildman–Crippen MR) is 98.1 cm³/mol. The lowest BCUT2D eigenvalue weighted by molar-refractivity contribution is 0.0953. The molecule has 0 aliphatic rings. The second kappa shape index (κ2) is 9.94. The predicted octanol–water partition coefficient (Wildman–Crippen LogP) is 1.74. The Morgan fingerprint density at radius 1 is 1.29 bits per heavy atom. The maximum Gasteiger partial charge on any atom is 0.251 e. The molecule has 130 valence electrons. The fourth-order valence-corrected chi connectivity index (χ4v) is 1.79. The summed E-state index contributed by atoms with van der Waals surface area (Å²) in [6, 6.07) is 4.85. The maximum absolute atomic E-state index is 11.9. The molecule has 7 heteroatoms. The Balaban J connectivity index is 0.000000505. The zero-order valence-corrected chi connectivity index (χ0v) is 14.2. The molecule has 0 saturated carbocycles. The first-order chi connectivity index (χ1) is 11.4. The number of nitrogens with one attached hydrogen (secondary N) is 1. The Hall–Kier alpha value is -2.96. The number of rotatable bonds is 5. The Kier molecular flexibility index (Phi) is 7.90. The van der Waals surface area contributed by atoms with Crippen LogP contribution in [-0.2, 0) is 6.54 Å². The maximum atomic E-state index is 11.9. The summed E-state index contributed by atoms with van der Waals surface area (Å²) in [5.41, 5.74) is 18.8. The van der Waals surface area contributed by atoms with Gasteiger partial charge in [0.2, 0.25) is 0 Å². The van der Waals surface area contributed by atoms with Gasteiger partial charge in [0.05, 0.1) is 6.33 Å². The molecular weight excluding hydrogens is 304 g/mol. The van der Waals surface area contributed by atoms with Gasteiger partial charge in [0.25, 0.3) is 5.91 Å². The highest BCUT2D eigenvalue weighted by molar-refractivity contribution is 5.96. The van der Waals surface area contributed by atoms with E-state index in [1.54, 1.807) is 30.7 Å². The normalized spacial score (nSPS) is 10.7. The molecule has 1 amide bonds. The molecule has 2 aromatic rings. The number of aromatic nitrogens is 2. The van der Waals surface area contributed by atoms with E-state index < -0.39 is 0 Å². The third-order valence-electron chi connectivity index (χ3n) is 3.13. The highest BCUT2D eigenvalue weighted by Gasteiger charge is 2.06. The van der Waals surface area contributed by atoms with Gasteiger partial charge in [-0.3, -0.25) is 4.79 Å². The van der Waals surface area contributed by atoms with Crippen LogP contribution < -0.4 is 22.5 Å². The van der Waals surface area contributed by atoms with E-state index >= 15 is 0 Å². The first kappa shape index (κ1) is 19.1. The number of hydrogen-bond acceptors (Lipinski definition) is 5. The summed E-state index contributed by atoms with van der Waals surface area (Å²) in [5, 5.41) is 2.83. The molecule has 0 atom stereocenters. The van der Waals surface area contributed by atoms with Crippen molar-refractivity contribution >= 4 is 17.3 Å². The fourth-order valence-electron chi connectivity index (χ4n) is 1.79. The van der Waals surface area contributed by atoms with Gasteiger partial charge in [-0.1, -0.05) is 6.08 Å². The van der Waals surface area contributed by atoms with Crippen LogP contribution in [0.2, 0.25) is 0 Å². The van der Waals surface area contributed by atoms with Crippen molar-refractivity contribution in [1.29, 1.82) is 0 Å². The van der Waals surface area contributed by atoms with Crippen LogP contribution in [0.5, 0.6) is 0 Å². The van der Waals surface area contributed by atoms with Crippen molar-refractivity contribution in [3.05, 3.63) is 54.3 Å². The summed E-state index contributed by atoms with van der Waals surface area (Å²) in [6.07, 6.45) is 8.06. The number of carbonyl (C=O) groups is 1. The largest absolute Gasteiger partial charge is 0.403 e. The summed E-state index contributed by atoms with van der Waals surface area (Å²) in [7, 11) is 0. The van der Waals surface area contributed by atoms with Crippen molar-refractivity contribution in [2.24, 2.45) is 5.73 Å². The van der Waals surface area contributed by atoms with Crippen molar-refractivity contribution in [2.45, 2.75) is 26.8 Å². The number of carbonyl (C=O) groups excluding carboxylic acids is 1. The number of benzene rings is 1. The van der Waals surface area contributed by atoms with Gasteiger partial charge in [0.15, 0.2) is 0 Å². The number of hydrogen-bond donors (Lipinski definition) is 4. The molecule has 7 nitrogen and oxygen atoms in total. The molecule has 0 saturated heterocycles. The SMILES string of the molecule is C/C=C(\C)N.Nc1cc(N)cc(C(=O)NCCCn2ccnc2)c1. The van der Waals surface area contributed by atoms with Gasteiger partial charge in [-0.05, 0) is 38.5 Å². The minimum Gasteiger partial charge on any atom is -0.403 e. The first-order valence-corrected chi connectivity index (χ1v) is 7.70. The van der Waals surface area contributed by atoms with E-state index in [-0.39, 0.29) is 5.91 Å². The van der Waals surface area contributed by atoms with Gasteiger partial charge in [-0.15, -0.1) is 0 Å². The molecule has 1 aromatic carbocycles. The Labute approximate surface area is 142 Å². The van der Waals surface area contributed by atoms with Crippen molar-refractivity contribution in [3.63, 3.8) is 0 Å². The van der Waals surface area contributed by atoms with Crippen LogP contribution >= 0.6 is 0 Å². The molecule has 0 aliphatic heterocycles. The lowest BCUT2D eigenvalue weighted by atomic mass is 10.1. The van der Waals surface area contributed by atoms with Crippen LogP contribution in [0.25, 0.3) is 0 Å².